The van der Waals surface area contributed by atoms with Crippen molar-refractivity contribution in [2.24, 2.45) is 0 Å². The minimum atomic E-state index is -0.403. The first-order valence-corrected chi connectivity index (χ1v) is 6.32. The molecule has 21 heavy (non-hydrogen) atoms. The van der Waals surface area contributed by atoms with Gasteiger partial charge >= 0.3 is 5.97 Å². The van der Waals surface area contributed by atoms with Crippen molar-refractivity contribution in [1.82, 2.24) is 9.78 Å². The molecule has 0 aliphatic rings. The number of nitrogens with zero attached hydrogens (tertiary/aromatic N) is 2. The highest BCUT2D eigenvalue weighted by molar-refractivity contribution is 6.01. The van der Waals surface area contributed by atoms with E-state index >= 15 is 0 Å². The highest BCUT2D eigenvalue weighted by atomic mass is 16.5. The van der Waals surface area contributed by atoms with Gasteiger partial charge in [-0.2, -0.15) is 5.10 Å². The molecule has 0 radical (unpaired) electrons. The van der Waals surface area contributed by atoms with Crippen molar-refractivity contribution in [2.45, 2.75) is 6.54 Å². The average Bonchev–Trinajstić information content (AvgIpc) is 2.93. The first kappa shape index (κ1) is 14.5. The summed E-state index contributed by atoms with van der Waals surface area (Å²) in [7, 11) is 1.31. The van der Waals surface area contributed by atoms with E-state index in [1.165, 1.54) is 17.9 Å². The van der Waals surface area contributed by atoms with Gasteiger partial charge in [0.2, 0.25) is 5.91 Å². The van der Waals surface area contributed by atoms with Gasteiger partial charge in [-0.05, 0) is 11.6 Å². The molecular weight excluding hydrogens is 270 g/mol. The van der Waals surface area contributed by atoms with E-state index in [1.807, 2.05) is 30.3 Å². The number of benzene rings is 1. The van der Waals surface area contributed by atoms with Gasteiger partial charge in [0.1, 0.15) is 6.54 Å². The van der Waals surface area contributed by atoms with Crippen LogP contribution in [0.15, 0.2) is 48.7 Å². The summed E-state index contributed by atoms with van der Waals surface area (Å²) in [6.07, 6.45) is 4.73. The van der Waals surface area contributed by atoms with E-state index in [2.05, 4.69) is 15.2 Å². The fraction of sp³-hybridized carbons (Fsp3) is 0.133. The second kappa shape index (κ2) is 7.04. The molecule has 0 spiro atoms. The zero-order valence-electron chi connectivity index (χ0n) is 11.5. The summed E-state index contributed by atoms with van der Waals surface area (Å²) in [6, 6.07) is 11.1. The van der Waals surface area contributed by atoms with Crippen LogP contribution in [-0.2, 0) is 20.9 Å². The van der Waals surface area contributed by atoms with E-state index in [1.54, 1.807) is 18.3 Å². The van der Waals surface area contributed by atoms with Crippen LogP contribution in [0.4, 0.5) is 5.82 Å². The molecule has 0 aliphatic carbocycles. The Morgan fingerprint density at radius 3 is 2.76 bits per heavy atom. The molecule has 1 aromatic heterocycles. The van der Waals surface area contributed by atoms with Gasteiger partial charge < -0.3 is 10.1 Å². The smallest absolute Gasteiger partial charge is 0.327 e. The van der Waals surface area contributed by atoms with Crippen LogP contribution in [0.2, 0.25) is 0 Å². The number of carbonyl (C=O) groups is 2. The number of anilines is 1. The molecule has 2 rings (SSSR count). The third kappa shape index (κ3) is 4.61. The van der Waals surface area contributed by atoms with Gasteiger partial charge in [-0.15, -0.1) is 0 Å². The van der Waals surface area contributed by atoms with Crippen LogP contribution in [0.1, 0.15) is 5.56 Å². The van der Waals surface area contributed by atoms with E-state index in [4.69, 9.17) is 0 Å². The number of aromatic nitrogens is 2. The number of ether oxygens (including phenoxy) is 1. The van der Waals surface area contributed by atoms with Gasteiger partial charge in [0.25, 0.3) is 0 Å². The lowest BCUT2D eigenvalue weighted by Crippen LogP contribution is -2.13. The molecule has 1 aromatic carbocycles. The fourth-order valence-electron chi connectivity index (χ4n) is 1.62. The van der Waals surface area contributed by atoms with Crippen molar-refractivity contribution in [3.8, 4) is 0 Å². The van der Waals surface area contributed by atoms with E-state index in [9.17, 15) is 9.59 Å². The predicted molar refractivity (Wildman–Crippen MR) is 78.3 cm³/mol. The van der Waals surface area contributed by atoms with Gasteiger partial charge in [0.05, 0.1) is 7.11 Å². The molecule has 1 N–H and O–H groups in total. The Labute approximate surface area is 122 Å². The van der Waals surface area contributed by atoms with Gasteiger partial charge in [-0.25, -0.2) is 0 Å². The SMILES string of the molecule is COC(=O)Cn1ccc(NC(=O)/C=C/c2ccccc2)n1. The summed E-state index contributed by atoms with van der Waals surface area (Å²) >= 11 is 0. The standard InChI is InChI=1S/C15H15N3O3/c1-21-15(20)11-18-10-9-13(17-18)16-14(19)8-7-12-5-3-2-4-6-12/h2-10H,11H2,1H3,(H,16,17,19)/b8-7+. The van der Waals surface area contributed by atoms with Crippen molar-refractivity contribution in [1.29, 1.82) is 0 Å². The molecule has 1 heterocycles. The summed E-state index contributed by atoms with van der Waals surface area (Å²) in [4.78, 5) is 22.8. The van der Waals surface area contributed by atoms with E-state index in [0.717, 1.165) is 5.56 Å². The van der Waals surface area contributed by atoms with Crippen LogP contribution in [0.25, 0.3) is 6.08 Å². The summed E-state index contributed by atoms with van der Waals surface area (Å²) in [5.41, 5.74) is 0.934. The molecule has 6 heteroatoms. The Hall–Kier alpha value is -2.89. The van der Waals surface area contributed by atoms with Crippen LogP contribution in [0.3, 0.4) is 0 Å². The normalized spacial score (nSPS) is 10.5. The van der Waals surface area contributed by atoms with E-state index in [-0.39, 0.29) is 12.5 Å². The van der Waals surface area contributed by atoms with Crippen molar-refractivity contribution in [3.05, 3.63) is 54.2 Å². The van der Waals surface area contributed by atoms with Gasteiger partial charge in [0.15, 0.2) is 5.82 Å². The van der Waals surface area contributed by atoms with Crippen LogP contribution in [0, 0.1) is 0 Å². The maximum atomic E-state index is 11.7. The zero-order chi connectivity index (χ0) is 15.1. The summed E-state index contributed by atoms with van der Waals surface area (Å²) in [6.45, 7) is 0.00618. The van der Waals surface area contributed by atoms with Gasteiger partial charge in [0, 0.05) is 18.3 Å². The number of hydrogen-bond donors (Lipinski definition) is 1. The number of carbonyl (C=O) groups excluding carboxylic acids is 2. The molecule has 108 valence electrons. The third-order valence-electron chi connectivity index (χ3n) is 2.64. The lowest BCUT2D eigenvalue weighted by Gasteiger charge is -1.99. The Morgan fingerprint density at radius 2 is 2.05 bits per heavy atom. The van der Waals surface area contributed by atoms with Crippen molar-refractivity contribution in [3.63, 3.8) is 0 Å². The van der Waals surface area contributed by atoms with E-state index in [0.29, 0.717) is 5.82 Å². The Kier molecular flexibility index (Phi) is 4.87. The van der Waals surface area contributed by atoms with Crippen LogP contribution < -0.4 is 5.32 Å². The summed E-state index contributed by atoms with van der Waals surface area (Å²) in [5.74, 6) is -0.316. The molecule has 0 aliphatic heterocycles. The Morgan fingerprint density at radius 1 is 1.29 bits per heavy atom. The molecule has 0 fully saturated rings. The number of hydrogen-bond acceptors (Lipinski definition) is 4. The molecular formula is C15H15N3O3. The first-order valence-electron chi connectivity index (χ1n) is 6.32. The highest BCUT2D eigenvalue weighted by Gasteiger charge is 2.05. The van der Waals surface area contributed by atoms with Crippen LogP contribution in [0.5, 0.6) is 0 Å². The molecule has 0 bridgehead atoms. The van der Waals surface area contributed by atoms with E-state index < -0.39 is 5.97 Å². The topological polar surface area (TPSA) is 73.2 Å². The zero-order valence-corrected chi connectivity index (χ0v) is 11.5. The van der Waals surface area contributed by atoms with Crippen LogP contribution in [-0.4, -0.2) is 28.8 Å². The number of esters is 1. The quantitative estimate of drug-likeness (QED) is 0.670. The minimum Gasteiger partial charge on any atom is -0.468 e. The van der Waals surface area contributed by atoms with Crippen molar-refractivity contribution < 1.29 is 14.3 Å². The highest BCUT2D eigenvalue weighted by Crippen LogP contribution is 2.04. The largest absolute Gasteiger partial charge is 0.468 e. The number of methoxy groups -OCH3 is 1. The van der Waals surface area contributed by atoms with Crippen LogP contribution >= 0.6 is 0 Å². The summed E-state index contributed by atoms with van der Waals surface area (Å²) < 4.78 is 5.92. The number of nitrogens with one attached hydrogen (secondary N) is 1. The monoisotopic (exact) mass is 285 g/mol. The average molecular weight is 285 g/mol. The molecule has 1 amide bonds. The Balaban J connectivity index is 1.91. The van der Waals surface area contributed by atoms with Crippen molar-refractivity contribution >= 4 is 23.8 Å². The van der Waals surface area contributed by atoms with Gasteiger partial charge in [-0.1, -0.05) is 30.3 Å². The third-order valence-corrected chi connectivity index (χ3v) is 2.64. The van der Waals surface area contributed by atoms with Gasteiger partial charge in [-0.3, -0.25) is 14.3 Å². The molecule has 0 unspecified atom stereocenters. The second-order valence-electron chi connectivity index (χ2n) is 4.21. The maximum Gasteiger partial charge on any atom is 0.327 e. The molecule has 6 nitrogen and oxygen atoms in total. The first-order chi connectivity index (χ1) is 10.2. The molecule has 2 aromatic rings. The summed E-state index contributed by atoms with van der Waals surface area (Å²) in [5, 5.41) is 6.66. The Bertz CT molecular complexity index is 647. The maximum absolute atomic E-state index is 11.7. The predicted octanol–water partition coefficient (Wildman–Crippen LogP) is 1.71. The molecule has 0 saturated heterocycles. The minimum absolute atomic E-state index is 0.00618. The lowest BCUT2D eigenvalue weighted by atomic mass is 10.2. The second-order valence-corrected chi connectivity index (χ2v) is 4.21. The lowest BCUT2D eigenvalue weighted by molar-refractivity contribution is -0.141. The fourth-order valence-corrected chi connectivity index (χ4v) is 1.62. The van der Waals surface area contributed by atoms with Crippen molar-refractivity contribution in [2.75, 3.05) is 12.4 Å². The molecule has 0 saturated carbocycles. The molecule has 0 atom stereocenters. The number of rotatable bonds is 5. The number of amides is 1.